The zero-order valence-electron chi connectivity index (χ0n) is 7.77. The number of anilines is 1. The molecule has 13 heavy (non-hydrogen) atoms. The predicted molar refractivity (Wildman–Crippen MR) is 51.2 cm³/mol. The summed E-state index contributed by atoms with van der Waals surface area (Å²) >= 11 is 0. The maximum Gasteiger partial charge on any atom is 0.240 e. The second-order valence-corrected chi connectivity index (χ2v) is 3.21. The number of nitrogen functional groups attached to an aromatic ring is 2. The maximum absolute atomic E-state index is 5.60. The molecule has 1 atom stereocenters. The Morgan fingerprint density at radius 1 is 1.46 bits per heavy atom. The van der Waals surface area contributed by atoms with Crippen LogP contribution in [0.5, 0.6) is 0 Å². The van der Waals surface area contributed by atoms with Crippen molar-refractivity contribution in [3.63, 3.8) is 0 Å². The fourth-order valence-corrected chi connectivity index (χ4v) is 1.09. The van der Waals surface area contributed by atoms with E-state index in [1.807, 2.05) is 6.92 Å². The van der Waals surface area contributed by atoms with Crippen LogP contribution in [0.1, 0.15) is 25.6 Å². The van der Waals surface area contributed by atoms with Crippen molar-refractivity contribution in [2.24, 2.45) is 5.73 Å². The molecule has 0 aliphatic carbocycles. The molecule has 0 aliphatic rings. The second-order valence-electron chi connectivity index (χ2n) is 3.21. The Balaban J connectivity index is 2.41. The number of aromatic nitrogens is 3. The average Bonchev–Trinajstić information content (AvgIpc) is 2.35. The zero-order valence-corrected chi connectivity index (χ0v) is 7.77. The smallest absolute Gasteiger partial charge is 0.240 e. The summed E-state index contributed by atoms with van der Waals surface area (Å²) in [5, 5.41) is 7.48. The van der Waals surface area contributed by atoms with Crippen molar-refractivity contribution in [3.05, 3.63) is 5.82 Å². The van der Waals surface area contributed by atoms with Crippen molar-refractivity contribution in [1.29, 1.82) is 0 Å². The molecule has 1 heterocycles. The molecule has 74 valence electrons. The molecule has 0 amide bonds. The van der Waals surface area contributed by atoms with Crippen LogP contribution in [-0.2, 0) is 6.42 Å². The number of hydrogen-bond donors (Lipinski definition) is 3. The minimum Gasteiger partial charge on any atom is -0.366 e. The van der Waals surface area contributed by atoms with E-state index in [4.69, 9.17) is 17.3 Å². The van der Waals surface area contributed by atoms with Gasteiger partial charge in [0.2, 0.25) is 5.95 Å². The molecule has 0 spiro atoms. The van der Waals surface area contributed by atoms with Crippen LogP contribution in [0.15, 0.2) is 0 Å². The van der Waals surface area contributed by atoms with Crippen LogP contribution >= 0.6 is 0 Å². The molecule has 6 heteroatoms. The van der Waals surface area contributed by atoms with Gasteiger partial charge in [0.1, 0.15) is 0 Å². The molecule has 0 radical (unpaired) electrons. The van der Waals surface area contributed by atoms with E-state index in [1.165, 1.54) is 4.68 Å². The van der Waals surface area contributed by atoms with Crippen molar-refractivity contribution in [3.8, 4) is 0 Å². The predicted octanol–water partition coefficient (Wildman–Crippen LogP) is -0.756. The van der Waals surface area contributed by atoms with Gasteiger partial charge in [-0.25, -0.2) is 4.68 Å². The van der Waals surface area contributed by atoms with Crippen molar-refractivity contribution in [1.82, 2.24) is 14.9 Å². The summed E-state index contributed by atoms with van der Waals surface area (Å²) in [6, 6.07) is 0.214. The quantitative estimate of drug-likeness (QED) is 0.533. The zero-order chi connectivity index (χ0) is 9.84. The van der Waals surface area contributed by atoms with E-state index in [0.29, 0.717) is 5.82 Å². The molecule has 0 saturated heterocycles. The van der Waals surface area contributed by atoms with Gasteiger partial charge in [0.15, 0.2) is 5.82 Å². The highest BCUT2D eigenvalue weighted by Crippen LogP contribution is 2.04. The Morgan fingerprint density at radius 2 is 2.15 bits per heavy atom. The van der Waals surface area contributed by atoms with E-state index in [9.17, 15) is 0 Å². The number of rotatable bonds is 4. The molecule has 0 saturated carbocycles. The number of nitrogens with two attached hydrogens (primary N) is 3. The van der Waals surface area contributed by atoms with Gasteiger partial charge in [0, 0.05) is 12.5 Å². The highest BCUT2D eigenvalue weighted by Gasteiger charge is 2.05. The molecule has 6 N–H and O–H groups in total. The van der Waals surface area contributed by atoms with Crippen molar-refractivity contribution < 1.29 is 0 Å². The summed E-state index contributed by atoms with van der Waals surface area (Å²) < 4.78 is 1.31. The van der Waals surface area contributed by atoms with Crippen LogP contribution < -0.4 is 17.3 Å². The minimum absolute atomic E-state index is 0.214. The Hall–Kier alpha value is -1.30. The number of hydrogen-bond acceptors (Lipinski definition) is 5. The van der Waals surface area contributed by atoms with E-state index < -0.39 is 0 Å². The first-order valence-electron chi connectivity index (χ1n) is 4.31. The largest absolute Gasteiger partial charge is 0.366 e. The van der Waals surface area contributed by atoms with E-state index in [-0.39, 0.29) is 12.0 Å². The SMILES string of the molecule is CC(N)CCCc1nnc(N)n1N. The third kappa shape index (κ3) is 2.59. The van der Waals surface area contributed by atoms with Crippen LogP contribution in [0.3, 0.4) is 0 Å². The van der Waals surface area contributed by atoms with E-state index in [1.54, 1.807) is 0 Å². The highest BCUT2D eigenvalue weighted by atomic mass is 15.4. The van der Waals surface area contributed by atoms with Gasteiger partial charge in [-0.1, -0.05) is 0 Å². The normalized spacial score (nSPS) is 13.1. The third-order valence-electron chi connectivity index (χ3n) is 1.85. The fourth-order valence-electron chi connectivity index (χ4n) is 1.09. The summed E-state index contributed by atoms with van der Waals surface area (Å²) in [4.78, 5) is 0. The van der Waals surface area contributed by atoms with E-state index in [0.717, 1.165) is 19.3 Å². The third-order valence-corrected chi connectivity index (χ3v) is 1.85. The summed E-state index contributed by atoms with van der Waals surface area (Å²) in [6.07, 6.45) is 2.67. The lowest BCUT2D eigenvalue weighted by Gasteiger charge is -2.03. The van der Waals surface area contributed by atoms with Crippen LogP contribution in [0.25, 0.3) is 0 Å². The molecule has 0 aliphatic heterocycles. The van der Waals surface area contributed by atoms with Gasteiger partial charge in [0.05, 0.1) is 0 Å². The molecule has 1 aromatic rings. The molecule has 1 rings (SSSR count). The van der Waals surface area contributed by atoms with Gasteiger partial charge < -0.3 is 17.3 Å². The van der Waals surface area contributed by atoms with Gasteiger partial charge in [0.25, 0.3) is 0 Å². The Labute approximate surface area is 77.1 Å². The molecular formula is C7H16N6. The van der Waals surface area contributed by atoms with Crippen LogP contribution in [0, 0.1) is 0 Å². The lowest BCUT2D eigenvalue weighted by atomic mass is 10.1. The molecule has 1 aromatic heterocycles. The van der Waals surface area contributed by atoms with Crippen LogP contribution in [-0.4, -0.2) is 20.9 Å². The Kier molecular flexibility index (Phi) is 3.07. The first-order valence-corrected chi connectivity index (χ1v) is 4.31. The second kappa shape index (κ2) is 4.08. The standard InChI is InChI=1S/C7H16N6/c1-5(8)3-2-4-6-11-12-7(9)13(6)10/h5H,2-4,8,10H2,1H3,(H2,9,12). The van der Waals surface area contributed by atoms with Crippen molar-refractivity contribution >= 4 is 5.95 Å². The topological polar surface area (TPSA) is 109 Å². The molecule has 1 unspecified atom stereocenters. The first-order chi connectivity index (χ1) is 6.11. The summed E-state index contributed by atoms with van der Waals surface area (Å²) in [5.41, 5.74) is 11.0. The average molecular weight is 184 g/mol. The molecular weight excluding hydrogens is 168 g/mol. The van der Waals surface area contributed by atoms with Gasteiger partial charge in [-0.05, 0) is 19.8 Å². The molecule has 0 bridgehead atoms. The van der Waals surface area contributed by atoms with Crippen molar-refractivity contribution in [2.75, 3.05) is 11.6 Å². The monoisotopic (exact) mass is 184 g/mol. The van der Waals surface area contributed by atoms with Crippen molar-refractivity contribution in [2.45, 2.75) is 32.2 Å². The number of aryl methyl sites for hydroxylation is 1. The molecule has 0 fully saturated rings. The summed E-state index contributed by atoms with van der Waals surface area (Å²) in [5.74, 6) is 6.51. The fraction of sp³-hybridized carbons (Fsp3) is 0.714. The minimum atomic E-state index is 0.214. The highest BCUT2D eigenvalue weighted by molar-refractivity contribution is 5.16. The van der Waals surface area contributed by atoms with E-state index >= 15 is 0 Å². The first kappa shape index (κ1) is 9.79. The lowest BCUT2D eigenvalue weighted by molar-refractivity contribution is 0.608. The van der Waals surface area contributed by atoms with Gasteiger partial charge >= 0.3 is 0 Å². The van der Waals surface area contributed by atoms with Crippen LogP contribution in [0.2, 0.25) is 0 Å². The summed E-state index contributed by atoms with van der Waals surface area (Å²) in [6.45, 7) is 1.97. The Bertz CT molecular complexity index is 266. The lowest BCUT2D eigenvalue weighted by Crippen LogP contribution is -2.17. The maximum atomic E-state index is 5.60. The van der Waals surface area contributed by atoms with Crippen LogP contribution in [0.4, 0.5) is 5.95 Å². The summed E-state index contributed by atoms with van der Waals surface area (Å²) in [7, 11) is 0. The van der Waals surface area contributed by atoms with Gasteiger partial charge in [-0.3, -0.25) is 0 Å². The Morgan fingerprint density at radius 3 is 2.62 bits per heavy atom. The van der Waals surface area contributed by atoms with Gasteiger partial charge in [-0.2, -0.15) is 0 Å². The van der Waals surface area contributed by atoms with Gasteiger partial charge in [-0.15, -0.1) is 10.2 Å². The molecule has 0 aromatic carbocycles. The van der Waals surface area contributed by atoms with E-state index in [2.05, 4.69) is 10.2 Å². The number of nitrogens with zero attached hydrogens (tertiary/aromatic N) is 3. The molecule has 6 nitrogen and oxygen atoms in total.